The number of nitrogens with zero attached hydrogens (tertiary/aromatic N) is 1. The molecule has 5 heteroatoms. The maximum absolute atomic E-state index is 12.3. The number of hydrogen-bond donors (Lipinski definition) is 1. The van der Waals surface area contributed by atoms with E-state index in [4.69, 9.17) is 4.74 Å². The zero-order valence-electron chi connectivity index (χ0n) is 15.8. The van der Waals surface area contributed by atoms with Crippen molar-refractivity contribution in [3.8, 4) is 5.75 Å². The smallest absolute Gasteiger partial charge is 0.238 e. The number of nitrogens with one attached hydrogen (secondary N) is 1. The van der Waals surface area contributed by atoms with Crippen molar-refractivity contribution in [3.05, 3.63) is 24.3 Å². The molecule has 0 radical (unpaired) electrons. The lowest BCUT2D eigenvalue weighted by atomic mass is 9.82. The molecule has 1 N–H and O–H groups in total. The standard InChI is InChI=1S/C20H30N2O3/c1-20(2,3)13-17(23)15-9-11-22(12-10-15)14-19(24)21-16-7-5-6-8-18(16)25-4/h5-8,15H,9-14H2,1-4H3,(H,21,24). The number of piperidine rings is 1. The Morgan fingerprint density at radius 3 is 2.44 bits per heavy atom. The Kier molecular flexibility index (Phi) is 6.59. The van der Waals surface area contributed by atoms with Gasteiger partial charge in [-0.25, -0.2) is 0 Å². The van der Waals surface area contributed by atoms with Crippen LogP contribution in [0.1, 0.15) is 40.0 Å². The molecule has 138 valence electrons. The Balaban J connectivity index is 1.80. The highest BCUT2D eigenvalue weighted by atomic mass is 16.5. The summed E-state index contributed by atoms with van der Waals surface area (Å²) in [5.74, 6) is 1.12. The first-order valence-electron chi connectivity index (χ1n) is 8.96. The van der Waals surface area contributed by atoms with Crippen LogP contribution in [0.25, 0.3) is 0 Å². The number of anilines is 1. The normalized spacial score (nSPS) is 16.5. The number of amides is 1. The summed E-state index contributed by atoms with van der Waals surface area (Å²) in [7, 11) is 1.59. The van der Waals surface area contributed by atoms with Crippen molar-refractivity contribution in [1.82, 2.24) is 4.90 Å². The molecule has 1 fully saturated rings. The summed E-state index contributed by atoms with van der Waals surface area (Å²) in [6.07, 6.45) is 2.32. The van der Waals surface area contributed by atoms with Crippen molar-refractivity contribution in [1.29, 1.82) is 0 Å². The van der Waals surface area contributed by atoms with E-state index < -0.39 is 0 Å². The Labute approximate surface area is 150 Å². The molecule has 2 rings (SSSR count). The van der Waals surface area contributed by atoms with Crippen LogP contribution in [0.5, 0.6) is 5.75 Å². The number of benzene rings is 1. The lowest BCUT2D eigenvalue weighted by Crippen LogP contribution is -2.41. The summed E-state index contributed by atoms with van der Waals surface area (Å²) in [6.45, 7) is 8.23. The molecule has 5 nitrogen and oxygen atoms in total. The largest absolute Gasteiger partial charge is 0.495 e. The summed E-state index contributed by atoms with van der Waals surface area (Å²) in [5.41, 5.74) is 0.730. The maximum Gasteiger partial charge on any atom is 0.238 e. The van der Waals surface area contributed by atoms with Crippen LogP contribution < -0.4 is 10.1 Å². The topological polar surface area (TPSA) is 58.6 Å². The lowest BCUT2D eigenvalue weighted by molar-refractivity contribution is -0.126. The molecule has 0 unspecified atom stereocenters. The Bertz CT molecular complexity index is 599. The monoisotopic (exact) mass is 346 g/mol. The Morgan fingerprint density at radius 1 is 1.20 bits per heavy atom. The van der Waals surface area contributed by atoms with Crippen molar-refractivity contribution in [2.75, 3.05) is 32.1 Å². The molecule has 0 bridgehead atoms. The van der Waals surface area contributed by atoms with Gasteiger partial charge in [-0.05, 0) is 43.5 Å². The van der Waals surface area contributed by atoms with Gasteiger partial charge in [-0.3, -0.25) is 14.5 Å². The van der Waals surface area contributed by atoms with E-state index in [9.17, 15) is 9.59 Å². The van der Waals surface area contributed by atoms with E-state index in [-0.39, 0.29) is 17.2 Å². The molecule has 1 saturated heterocycles. The molecule has 1 amide bonds. The maximum atomic E-state index is 12.3. The van der Waals surface area contributed by atoms with Crippen molar-refractivity contribution < 1.29 is 14.3 Å². The first-order valence-corrected chi connectivity index (χ1v) is 8.96. The van der Waals surface area contributed by atoms with E-state index in [2.05, 4.69) is 31.0 Å². The number of ether oxygens (including phenoxy) is 1. The molecule has 0 saturated carbocycles. The van der Waals surface area contributed by atoms with Crippen LogP contribution in [0.15, 0.2) is 24.3 Å². The fraction of sp³-hybridized carbons (Fsp3) is 0.600. The lowest BCUT2D eigenvalue weighted by Gasteiger charge is -2.32. The number of carbonyl (C=O) groups is 2. The molecule has 0 aromatic heterocycles. The molecule has 1 aromatic rings. The minimum Gasteiger partial charge on any atom is -0.495 e. The minimum absolute atomic E-state index is 0.0445. The van der Waals surface area contributed by atoms with Gasteiger partial charge in [0.1, 0.15) is 11.5 Å². The van der Waals surface area contributed by atoms with Gasteiger partial charge in [0.05, 0.1) is 19.3 Å². The van der Waals surface area contributed by atoms with Gasteiger partial charge in [0, 0.05) is 12.3 Å². The summed E-state index contributed by atoms with van der Waals surface area (Å²) in [5, 5.41) is 2.90. The van der Waals surface area contributed by atoms with Crippen LogP contribution in [0.4, 0.5) is 5.69 Å². The Morgan fingerprint density at radius 2 is 1.84 bits per heavy atom. The fourth-order valence-electron chi connectivity index (χ4n) is 3.22. The summed E-state index contributed by atoms with van der Waals surface area (Å²) >= 11 is 0. The molecule has 1 aliphatic heterocycles. The number of hydrogen-bond acceptors (Lipinski definition) is 4. The molecule has 0 atom stereocenters. The first kappa shape index (κ1) is 19.4. The highest BCUT2D eigenvalue weighted by Gasteiger charge is 2.28. The Hall–Kier alpha value is -1.88. The molecular formula is C20H30N2O3. The van der Waals surface area contributed by atoms with Crippen LogP contribution in [-0.4, -0.2) is 43.3 Å². The van der Waals surface area contributed by atoms with Crippen LogP contribution >= 0.6 is 0 Å². The predicted molar refractivity (Wildman–Crippen MR) is 99.9 cm³/mol. The predicted octanol–water partition coefficient (Wildman–Crippen LogP) is 3.35. The third-order valence-electron chi connectivity index (χ3n) is 4.50. The van der Waals surface area contributed by atoms with Gasteiger partial charge in [0.25, 0.3) is 0 Å². The van der Waals surface area contributed by atoms with Gasteiger partial charge < -0.3 is 10.1 Å². The molecule has 1 aromatic carbocycles. The van der Waals surface area contributed by atoms with E-state index in [0.717, 1.165) is 25.9 Å². The summed E-state index contributed by atoms with van der Waals surface area (Å²) in [6, 6.07) is 7.38. The van der Waals surface area contributed by atoms with Gasteiger partial charge in [-0.15, -0.1) is 0 Å². The van der Waals surface area contributed by atoms with Gasteiger partial charge in [0.2, 0.25) is 5.91 Å². The molecular weight excluding hydrogens is 316 g/mol. The quantitative estimate of drug-likeness (QED) is 0.858. The van der Waals surface area contributed by atoms with E-state index >= 15 is 0 Å². The number of rotatable bonds is 6. The average molecular weight is 346 g/mol. The van der Waals surface area contributed by atoms with Gasteiger partial charge in [-0.1, -0.05) is 32.9 Å². The van der Waals surface area contributed by atoms with Gasteiger partial charge >= 0.3 is 0 Å². The van der Waals surface area contributed by atoms with E-state index in [1.54, 1.807) is 7.11 Å². The van der Waals surface area contributed by atoms with Crippen LogP contribution in [-0.2, 0) is 9.59 Å². The van der Waals surface area contributed by atoms with Gasteiger partial charge in [0.15, 0.2) is 0 Å². The highest BCUT2D eigenvalue weighted by Crippen LogP contribution is 2.26. The number of likely N-dealkylation sites (tertiary alicyclic amines) is 1. The average Bonchev–Trinajstić information content (AvgIpc) is 2.54. The number of carbonyl (C=O) groups excluding carboxylic acids is 2. The molecule has 25 heavy (non-hydrogen) atoms. The molecule has 1 aliphatic rings. The number of ketones is 1. The third-order valence-corrected chi connectivity index (χ3v) is 4.50. The molecule has 0 spiro atoms. The van der Waals surface area contributed by atoms with E-state index in [0.29, 0.717) is 30.2 Å². The fourth-order valence-corrected chi connectivity index (χ4v) is 3.22. The second-order valence-electron chi connectivity index (χ2n) is 8.00. The zero-order chi connectivity index (χ0) is 18.4. The van der Waals surface area contributed by atoms with Crippen molar-refractivity contribution in [3.63, 3.8) is 0 Å². The second kappa shape index (κ2) is 8.48. The third kappa shape index (κ3) is 6.16. The SMILES string of the molecule is COc1ccccc1NC(=O)CN1CCC(C(=O)CC(C)(C)C)CC1. The van der Waals surface area contributed by atoms with Crippen LogP contribution in [0.3, 0.4) is 0 Å². The number of methoxy groups -OCH3 is 1. The number of para-hydroxylation sites is 2. The number of Topliss-reactive ketones (excluding diaryl/α,β-unsaturated/α-hetero) is 1. The summed E-state index contributed by atoms with van der Waals surface area (Å²) < 4.78 is 5.25. The minimum atomic E-state index is -0.0519. The van der Waals surface area contributed by atoms with Crippen LogP contribution in [0, 0.1) is 11.3 Å². The van der Waals surface area contributed by atoms with E-state index in [1.165, 1.54) is 0 Å². The molecule has 1 heterocycles. The zero-order valence-corrected chi connectivity index (χ0v) is 15.8. The van der Waals surface area contributed by atoms with Crippen molar-refractivity contribution in [2.45, 2.75) is 40.0 Å². The highest BCUT2D eigenvalue weighted by molar-refractivity contribution is 5.93. The van der Waals surface area contributed by atoms with E-state index in [1.807, 2.05) is 24.3 Å². The van der Waals surface area contributed by atoms with Crippen molar-refractivity contribution >= 4 is 17.4 Å². The second-order valence-corrected chi connectivity index (χ2v) is 8.00. The first-order chi connectivity index (χ1) is 11.8. The van der Waals surface area contributed by atoms with Crippen LogP contribution in [0.2, 0.25) is 0 Å². The van der Waals surface area contributed by atoms with Crippen molar-refractivity contribution in [2.24, 2.45) is 11.3 Å². The summed E-state index contributed by atoms with van der Waals surface area (Å²) in [4.78, 5) is 26.7. The molecule has 0 aliphatic carbocycles. The van der Waals surface area contributed by atoms with Gasteiger partial charge in [-0.2, -0.15) is 0 Å².